The highest BCUT2D eigenvalue weighted by Crippen LogP contribution is 2.22. The second-order valence-electron chi connectivity index (χ2n) is 4.36. The lowest BCUT2D eigenvalue weighted by Gasteiger charge is -2.14. The molecule has 3 nitrogen and oxygen atoms in total. The minimum atomic E-state index is -0.726. The number of carbonyl (C=O) groups excluding carboxylic acids is 3. The van der Waals surface area contributed by atoms with Crippen molar-refractivity contribution in [2.75, 3.05) is 0 Å². The first kappa shape index (κ1) is 12.2. The smallest absolute Gasteiger partial charge is 0.237 e. The second-order valence-corrected chi connectivity index (χ2v) is 4.36. The van der Waals surface area contributed by atoms with E-state index in [1.54, 1.807) is 24.3 Å². The van der Waals surface area contributed by atoms with Crippen LogP contribution in [0.15, 0.2) is 47.6 Å². The maximum Gasteiger partial charge on any atom is 0.237 e. The first-order chi connectivity index (χ1) is 8.52. The Labute approximate surface area is 105 Å². The van der Waals surface area contributed by atoms with E-state index < -0.39 is 11.6 Å². The van der Waals surface area contributed by atoms with Gasteiger partial charge in [-0.3, -0.25) is 14.4 Å². The molecule has 1 aliphatic rings. The number of carbonyl (C=O) groups is 3. The summed E-state index contributed by atoms with van der Waals surface area (Å²) < 4.78 is 0. The van der Waals surface area contributed by atoms with E-state index in [1.807, 2.05) is 13.8 Å². The fourth-order valence-corrected chi connectivity index (χ4v) is 1.77. The van der Waals surface area contributed by atoms with E-state index in [4.69, 9.17) is 0 Å². The lowest BCUT2D eigenvalue weighted by atomic mass is 9.85. The van der Waals surface area contributed by atoms with Crippen LogP contribution in [0.25, 0.3) is 0 Å². The predicted octanol–water partition coefficient (Wildman–Crippen LogP) is 2.53. The molecule has 0 amide bonds. The van der Waals surface area contributed by atoms with Gasteiger partial charge in [0.1, 0.15) is 0 Å². The number of Topliss-reactive ketones (excluding diaryl/α,β-unsaturated/α-hetero) is 3. The Hall–Kier alpha value is -2.29. The molecular formula is C15H12O3. The number of allylic oxidation sites excluding steroid dienone is 4. The predicted molar refractivity (Wildman–Crippen MR) is 67.6 cm³/mol. The summed E-state index contributed by atoms with van der Waals surface area (Å²) in [5.74, 6) is -1.72. The van der Waals surface area contributed by atoms with E-state index in [0.29, 0.717) is 5.56 Å². The third kappa shape index (κ3) is 1.95. The highest BCUT2D eigenvalue weighted by Gasteiger charge is 2.34. The van der Waals surface area contributed by atoms with E-state index in [0.717, 1.165) is 5.57 Å². The first-order valence-electron chi connectivity index (χ1n) is 5.60. The van der Waals surface area contributed by atoms with Gasteiger partial charge >= 0.3 is 0 Å². The third-order valence-corrected chi connectivity index (χ3v) is 2.70. The summed E-state index contributed by atoms with van der Waals surface area (Å²) in [6.45, 7) is 3.70. The summed E-state index contributed by atoms with van der Waals surface area (Å²) in [7, 11) is 0. The Morgan fingerprint density at radius 2 is 1.44 bits per heavy atom. The normalized spacial score (nSPS) is 16.8. The van der Waals surface area contributed by atoms with Crippen molar-refractivity contribution in [1.29, 1.82) is 0 Å². The monoisotopic (exact) mass is 240 g/mol. The number of fused-ring (bicyclic) bond motifs is 1. The summed E-state index contributed by atoms with van der Waals surface area (Å²) in [4.78, 5) is 35.8. The van der Waals surface area contributed by atoms with Crippen molar-refractivity contribution >= 4 is 17.3 Å². The largest absolute Gasteiger partial charge is 0.288 e. The molecule has 0 aromatic heterocycles. The van der Waals surface area contributed by atoms with Crippen LogP contribution in [0, 0.1) is 0 Å². The van der Waals surface area contributed by atoms with Crippen LogP contribution >= 0.6 is 0 Å². The third-order valence-electron chi connectivity index (χ3n) is 2.70. The summed E-state index contributed by atoms with van der Waals surface area (Å²) in [5.41, 5.74) is 1.40. The zero-order chi connectivity index (χ0) is 13.3. The highest BCUT2D eigenvalue weighted by atomic mass is 16.2. The molecule has 0 aliphatic heterocycles. The fraction of sp³-hybridized carbons (Fsp3) is 0.133. The lowest BCUT2D eigenvalue weighted by Crippen LogP contribution is -2.29. The van der Waals surface area contributed by atoms with E-state index in [-0.39, 0.29) is 16.9 Å². The van der Waals surface area contributed by atoms with Gasteiger partial charge in [-0.05, 0) is 19.9 Å². The van der Waals surface area contributed by atoms with E-state index in [2.05, 4.69) is 0 Å². The molecule has 0 saturated heterocycles. The van der Waals surface area contributed by atoms with Crippen LogP contribution in [0.1, 0.15) is 34.6 Å². The molecule has 0 unspecified atom stereocenters. The van der Waals surface area contributed by atoms with Gasteiger partial charge in [0.05, 0.1) is 5.57 Å². The first-order valence-corrected chi connectivity index (χ1v) is 5.60. The minimum absolute atomic E-state index is 0.0556. The number of rotatable bonds is 1. The Bertz CT molecular complexity index is 614. The van der Waals surface area contributed by atoms with Gasteiger partial charge in [-0.1, -0.05) is 35.9 Å². The second kappa shape index (κ2) is 4.53. The maximum atomic E-state index is 12.1. The number of ketones is 3. The van der Waals surface area contributed by atoms with Gasteiger partial charge in [-0.15, -0.1) is 0 Å². The molecule has 0 bridgehead atoms. The fourth-order valence-electron chi connectivity index (χ4n) is 1.77. The van der Waals surface area contributed by atoms with Gasteiger partial charge < -0.3 is 0 Å². The molecule has 90 valence electrons. The van der Waals surface area contributed by atoms with Crippen LogP contribution in [-0.4, -0.2) is 17.3 Å². The zero-order valence-electron chi connectivity index (χ0n) is 10.2. The van der Waals surface area contributed by atoms with E-state index in [1.165, 1.54) is 12.1 Å². The standard InChI is InChI=1S/C15H12O3/c1-9(2)7-8-12-13(16)10-5-3-4-6-11(10)14(17)15(12)18/h3-8H,1-2H3/b12-8-. The van der Waals surface area contributed by atoms with E-state index in [9.17, 15) is 14.4 Å². The summed E-state index contributed by atoms with van der Waals surface area (Å²) in [6.07, 6.45) is 3.08. The summed E-state index contributed by atoms with van der Waals surface area (Å²) in [5, 5.41) is 0. The van der Waals surface area contributed by atoms with Crippen LogP contribution in [-0.2, 0) is 4.79 Å². The van der Waals surface area contributed by atoms with Gasteiger partial charge in [-0.25, -0.2) is 0 Å². The molecule has 0 heterocycles. The molecule has 1 aromatic carbocycles. The van der Waals surface area contributed by atoms with Gasteiger partial charge in [-0.2, -0.15) is 0 Å². The molecule has 2 rings (SSSR count). The molecule has 0 radical (unpaired) electrons. The molecule has 0 spiro atoms. The molecule has 3 heteroatoms. The maximum absolute atomic E-state index is 12.1. The van der Waals surface area contributed by atoms with Crippen molar-refractivity contribution < 1.29 is 14.4 Å². The van der Waals surface area contributed by atoms with Crippen LogP contribution < -0.4 is 0 Å². The van der Waals surface area contributed by atoms with Crippen LogP contribution in [0.5, 0.6) is 0 Å². The number of hydrogen-bond acceptors (Lipinski definition) is 3. The van der Waals surface area contributed by atoms with Crippen molar-refractivity contribution in [3.05, 3.63) is 58.7 Å². The lowest BCUT2D eigenvalue weighted by molar-refractivity contribution is -0.111. The summed E-state index contributed by atoms with van der Waals surface area (Å²) in [6, 6.07) is 6.39. The Morgan fingerprint density at radius 1 is 0.889 bits per heavy atom. The molecule has 0 atom stereocenters. The highest BCUT2D eigenvalue weighted by molar-refractivity contribution is 6.59. The van der Waals surface area contributed by atoms with Crippen LogP contribution in [0.3, 0.4) is 0 Å². The Morgan fingerprint density at radius 3 is 2.00 bits per heavy atom. The average molecular weight is 240 g/mol. The zero-order valence-corrected chi connectivity index (χ0v) is 10.2. The number of benzene rings is 1. The molecular weight excluding hydrogens is 228 g/mol. The molecule has 18 heavy (non-hydrogen) atoms. The molecule has 1 aromatic rings. The van der Waals surface area contributed by atoms with Crippen molar-refractivity contribution in [3.8, 4) is 0 Å². The Kier molecular flexibility index (Phi) is 3.06. The molecule has 0 N–H and O–H groups in total. The molecule has 0 saturated carbocycles. The average Bonchev–Trinajstić information content (AvgIpc) is 2.36. The number of hydrogen-bond donors (Lipinski definition) is 0. The van der Waals surface area contributed by atoms with Crippen molar-refractivity contribution in [2.45, 2.75) is 13.8 Å². The van der Waals surface area contributed by atoms with Gasteiger partial charge in [0.15, 0.2) is 5.78 Å². The quantitative estimate of drug-likeness (QED) is 0.430. The van der Waals surface area contributed by atoms with Crippen LogP contribution in [0.4, 0.5) is 0 Å². The minimum Gasteiger partial charge on any atom is -0.288 e. The van der Waals surface area contributed by atoms with Gasteiger partial charge in [0, 0.05) is 11.1 Å². The van der Waals surface area contributed by atoms with E-state index >= 15 is 0 Å². The van der Waals surface area contributed by atoms with Gasteiger partial charge in [0.2, 0.25) is 11.6 Å². The topological polar surface area (TPSA) is 51.2 Å². The van der Waals surface area contributed by atoms with Crippen molar-refractivity contribution in [3.63, 3.8) is 0 Å². The Balaban J connectivity index is 2.60. The molecule has 0 fully saturated rings. The van der Waals surface area contributed by atoms with Gasteiger partial charge in [0.25, 0.3) is 0 Å². The van der Waals surface area contributed by atoms with Crippen molar-refractivity contribution in [2.24, 2.45) is 0 Å². The SMILES string of the molecule is CC(C)=C/C=C1\C(=O)C(=O)c2ccccc2C1=O. The summed E-state index contributed by atoms with van der Waals surface area (Å²) >= 11 is 0. The van der Waals surface area contributed by atoms with Crippen LogP contribution in [0.2, 0.25) is 0 Å². The van der Waals surface area contributed by atoms with Crippen molar-refractivity contribution in [1.82, 2.24) is 0 Å². The molecule has 1 aliphatic carbocycles.